The molecule has 0 aliphatic carbocycles. The molecule has 33 heavy (non-hydrogen) atoms. The molecule has 0 atom stereocenters. The highest BCUT2D eigenvalue weighted by atomic mass is 32.1. The summed E-state index contributed by atoms with van der Waals surface area (Å²) in [5.74, 6) is -0.186. The maximum absolute atomic E-state index is 12.7. The number of rotatable bonds is 5. The summed E-state index contributed by atoms with van der Waals surface area (Å²) in [5.41, 5.74) is 2.87. The molecular weight excluding hydrogens is 436 g/mol. The number of benzene rings is 1. The third-order valence-corrected chi connectivity index (χ3v) is 6.52. The van der Waals surface area contributed by atoms with E-state index in [4.69, 9.17) is 0 Å². The van der Waals surface area contributed by atoms with Crippen LogP contribution in [-0.2, 0) is 0 Å². The van der Waals surface area contributed by atoms with Crippen molar-refractivity contribution in [3.8, 4) is 16.3 Å². The molecule has 0 saturated carbocycles. The van der Waals surface area contributed by atoms with Crippen LogP contribution in [0.2, 0.25) is 0 Å². The first-order valence-electron chi connectivity index (χ1n) is 10.7. The van der Waals surface area contributed by atoms with E-state index < -0.39 is 0 Å². The Hall–Kier alpha value is -3.85. The second kappa shape index (κ2) is 9.33. The zero-order valence-corrected chi connectivity index (χ0v) is 18.6. The molecule has 1 fully saturated rings. The first kappa shape index (κ1) is 21.0. The predicted molar refractivity (Wildman–Crippen MR) is 125 cm³/mol. The van der Waals surface area contributed by atoms with Crippen molar-refractivity contribution in [1.82, 2.24) is 30.0 Å². The molecule has 5 rings (SSSR count). The van der Waals surface area contributed by atoms with E-state index in [-0.39, 0.29) is 17.9 Å². The number of hydrogen-bond donors (Lipinski definition) is 1. The Bertz CT molecular complexity index is 1250. The van der Waals surface area contributed by atoms with Crippen LogP contribution in [0.1, 0.15) is 33.7 Å². The lowest BCUT2D eigenvalue weighted by Crippen LogP contribution is -2.46. The van der Waals surface area contributed by atoms with Crippen molar-refractivity contribution < 1.29 is 9.59 Å². The number of thiazole rings is 1. The summed E-state index contributed by atoms with van der Waals surface area (Å²) in [7, 11) is 0. The molecule has 1 aliphatic heterocycles. The van der Waals surface area contributed by atoms with Gasteiger partial charge in [0.2, 0.25) is 0 Å². The molecule has 1 aliphatic rings. The minimum atomic E-state index is -0.188. The fraction of sp³-hybridized carbons (Fsp3) is 0.208. The SMILES string of the molecule is O=C(NC1CCN(C(=O)c2ccncc2)CC1)c1csc(-c2cnn(-c3ccccc3)c2)n1. The van der Waals surface area contributed by atoms with Crippen LogP contribution in [0.3, 0.4) is 0 Å². The van der Waals surface area contributed by atoms with Gasteiger partial charge in [0.15, 0.2) is 0 Å². The highest BCUT2D eigenvalue weighted by Gasteiger charge is 2.25. The number of para-hydroxylation sites is 1. The molecular formula is C24H22N6O2S. The van der Waals surface area contributed by atoms with Crippen LogP contribution < -0.4 is 5.32 Å². The van der Waals surface area contributed by atoms with Crippen LogP contribution in [0, 0.1) is 0 Å². The zero-order chi connectivity index (χ0) is 22.6. The van der Waals surface area contributed by atoms with Crippen molar-refractivity contribution in [3.63, 3.8) is 0 Å². The smallest absolute Gasteiger partial charge is 0.270 e. The Labute approximate surface area is 194 Å². The number of nitrogens with zero attached hydrogens (tertiary/aromatic N) is 5. The molecule has 3 aromatic heterocycles. The Balaban J connectivity index is 1.17. The number of amides is 2. The van der Waals surface area contributed by atoms with Gasteiger partial charge in [0.25, 0.3) is 11.8 Å². The third kappa shape index (κ3) is 4.68. The number of carbonyl (C=O) groups excluding carboxylic acids is 2. The first-order chi connectivity index (χ1) is 16.2. The third-order valence-electron chi connectivity index (χ3n) is 5.63. The van der Waals surface area contributed by atoms with Crippen LogP contribution in [0.5, 0.6) is 0 Å². The van der Waals surface area contributed by atoms with Gasteiger partial charge in [-0.15, -0.1) is 11.3 Å². The van der Waals surface area contributed by atoms with Crippen LogP contribution in [0.4, 0.5) is 0 Å². The van der Waals surface area contributed by atoms with E-state index in [0.29, 0.717) is 37.2 Å². The number of pyridine rings is 1. The summed E-state index contributed by atoms with van der Waals surface area (Å²) >= 11 is 1.42. The molecule has 0 radical (unpaired) electrons. The van der Waals surface area contributed by atoms with Gasteiger partial charge in [-0.1, -0.05) is 18.2 Å². The van der Waals surface area contributed by atoms with Crippen molar-refractivity contribution >= 4 is 23.2 Å². The van der Waals surface area contributed by atoms with E-state index in [0.717, 1.165) is 16.3 Å². The van der Waals surface area contributed by atoms with Gasteiger partial charge in [-0.3, -0.25) is 14.6 Å². The van der Waals surface area contributed by atoms with Crippen LogP contribution in [0.25, 0.3) is 16.3 Å². The zero-order valence-electron chi connectivity index (χ0n) is 17.8. The number of likely N-dealkylation sites (tertiary alicyclic amines) is 1. The summed E-state index contributed by atoms with van der Waals surface area (Å²) < 4.78 is 1.79. The highest BCUT2D eigenvalue weighted by molar-refractivity contribution is 7.13. The monoisotopic (exact) mass is 458 g/mol. The highest BCUT2D eigenvalue weighted by Crippen LogP contribution is 2.24. The van der Waals surface area contributed by atoms with E-state index in [2.05, 4.69) is 20.4 Å². The van der Waals surface area contributed by atoms with Gasteiger partial charge in [0, 0.05) is 54.2 Å². The predicted octanol–water partition coefficient (Wildman–Crippen LogP) is 3.43. The number of carbonyl (C=O) groups is 2. The Morgan fingerprint density at radius 3 is 2.55 bits per heavy atom. The topological polar surface area (TPSA) is 93.0 Å². The summed E-state index contributed by atoms with van der Waals surface area (Å²) in [4.78, 5) is 35.6. The van der Waals surface area contributed by atoms with Gasteiger partial charge in [-0.25, -0.2) is 9.67 Å². The van der Waals surface area contributed by atoms with Crippen LogP contribution in [0.15, 0.2) is 72.6 Å². The molecule has 166 valence electrons. The largest absolute Gasteiger partial charge is 0.348 e. The van der Waals surface area contributed by atoms with Crippen LogP contribution >= 0.6 is 11.3 Å². The van der Waals surface area contributed by atoms with E-state index in [9.17, 15) is 9.59 Å². The summed E-state index contributed by atoms with van der Waals surface area (Å²) in [5, 5.41) is 9.99. The van der Waals surface area contributed by atoms with E-state index >= 15 is 0 Å². The molecule has 4 aromatic rings. The standard InChI is InChI=1S/C24H22N6O2S/c31-22(27-19-8-12-29(13-9-19)24(32)17-6-10-25-11-7-17)21-16-33-23(28-21)18-14-26-30(15-18)20-4-2-1-3-5-20/h1-7,10-11,14-16,19H,8-9,12-13H2,(H,27,31). The summed E-state index contributed by atoms with van der Waals surface area (Å²) in [6, 6.07) is 13.3. The average molecular weight is 459 g/mol. The lowest BCUT2D eigenvalue weighted by atomic mass is 10.0. The second-order valence-corrected chi connectivity index (χ2v) is 8.68. The maximum atomic E-state index is 12.7. The molecule has 1 aromatic carbocycles. The number of hydrogen-bond acceptors (Lipinski definition) is 6. The van der Waals surface area contributed by atoms with Gasteiger partial charge in [-0.2, -0.15) is 5.10 Å². The molecule has 0 bridgehead atoms. The quantitative estimate of drug-likeness (QED) is 0.495. The molecule has 0 unspecified atom stereocenters. The molecule has 1 N–H and O–H groups in total. The van der Waals surface area contributed by atoms with Gasteiger partial charge in [0.05, 0.1) is 11.9 Å². The summed E-state index contributed by atoms with van der Waals surface area (Å²) in [6.45, 7) is 1.21. The fourth-order valence-electron chi connectivity index (χ4n) is 3.83. The second-order valence-electron chi connectivity index (χ2n) is 7.82. The Morgan fingerprint density at radius 2 is 1.79 bits per heavy atom. The average Bonchev–Trinajstić information content (AvgIpc) is 3.55. The summed E-state index contributed by atoms with van der Waals surface area (Å²) in [6.07, 6.45) is 8.32. The fourth-order valence-corrected chi connectivity index (χ4v) is 4.60. The molecule has 0 spiro atoms. The first-order valence-corrected chi connectivity index (χ1v) is 11.6. The van der Waals surface area contributed by atoms with Crippen LogP contribution in [-0.4, -0.2) is 55.6 Å². The number of piperidine rings is 1. The molecule has 1 saturated heterocycles. The van der Waals surface area contributed by atoms with Gasteiger partial charge in [-0.05, 0) is 37.1 Å². The normalized spacial score (nSPS) is 14.2. The van der Waals surface area contributed by atoms with Gasteiger partial charge in [0.1, 0.15) is 10.7 Å². The Morgan fingerprint density at radius 1 is 1.03 bits per heavy atom. The van der Waals surface area contributed by atoms with Crippen molar-refractivity contribution in [3.05, 3.63) is 83.9 Å². The van der Waals surface area contributed by atoms with Gasteiger partial charge >= 0.3 is 0 Å². The van der Waals surface area contributed by atoms with E-state index in [1.807, 2.05) is 41.4 Å². The van der Waals surface area contributed by atoms with E-state index in [1.165, 1.54) is 11.3 Å². The minimum absolute atomic E-state index is 0.00219. The lowest BCUT2D eigenvalue weighted by Gasteiger charge is -2.32. The maximum Gasteiger partial charge on any atom is 0.270 e. The molecule has 9 heteroatoms. The molecule has 8 nitrogen and oxygen atoms in total. The van der Waals surface area contributed by atoms with Crippen molar-refractivity contribution in [1.29, 1.82) is 0 Å². The Kier molecular flexibility index (Phi) is 5.95. The minimum Gasteiger partial charge on any atom is -0.348 e. The van der Waals surface area contributed by atoms with E-state index in [1.54, 1.807) is 40.8 Å². The molecule has 4 heterocycles. The number of aromatic nitrogens is 4. The molecule has 2 amide bonds. The van der Waals surface area contributed by atoms with Gasteiger partial charge < -0.3 is 10.2 Å². The lowest BCUT2D eigenvalue weighted by molar-refractivity contribution is 0.0697. The number of nitrogens with one attached hydrogen (secondary N) is 1. The van der Waals surface area contributed by atoms with Crippen molar-refractivity contribution in [2.75, 3.05) is 13.1 Å². The van der Waals surface area contributed by atoms with Crippen molar-refractivity contribution in [2.45, 2.75) is 18.9 Å². The van der Waals surface area contributed by atoms with Crippen molar-refractivity contribution in [2.24, 2.45) is 0 Å².